The molecule has 114 valence electrons. The third-order valence-electron chi connectivity index (χ3n) is 4.21. The summed E-state index contributed by atoms with van der Waals surface area (Å²) in [5.41, 5.74) is 8.68. The lowest BCUT2D eigenvalue weighted by Gasteiger charge is -2.29. The maximum atomic E-state index is 12.6. The zero-order chi connectivity index (χ0) is 15.9. The largest absolute Gasteiger partial charge is 0.369 e. The van der Waals surface area contributed by atoms with E-state index in [2.05, 4.69) is 10.4 Å². The Hall–Kier alpha value is -2.60. The number of nitrogens with two attached hydrogens (primary N) is 1. The number of rotatable bonds is 3. The molecule has 2 heterocycles. The third-order valence-corrected chi connectivity index (χ3v) is 5.21. The van der Waals surface area contributed by atoms with Crippen LogP contribution in [0.1, 0.15) is 11.1 Å². The van der Waals surface area contributed by atoms with Crippen molar-refractivity contribution in [3.63, 3.8) is 0 Å². The molecule has 6 heteroatoms. The minimum Gasteiger partial charge on any atom is -0.369 e. The summed E-state index contributed by atoms with van der Waals surface area (Å²) in [5, 5.41) is 9.68. The van der Waals surface area contributed by atoms with Crippen LogP contribution < -0.4 is 5.73 Å². The predicted octanol–water partition coefficient (Wildman–Crippen LogP) is 2.73. The maximum Gasteiger partial charge on any atom is 0.233 e. The Labute approximate surface area is 136 Å². The number of nitrogens with zero attached hydrogens (tertiary/aromatic N) is 2. The molecule has 5 nitrogen and oxygen atoms in total. The Bertz CT molecular complexity index is 920. The van der Waals surface area contributed by atoms with E-state index in [0.29, 0.717) is 16.9 Å². The molecular weight excluding hydrogens is 310 g/mol. The molecule has 1 aromatic heterocycles. The molecule has 0 bridgehead atoms. The molecule has 1 amide bonds. The molecule has 2 N–H and O–H groups in total. The number of benzene rings is 2. The average Bonchev–Trinajstić information content (AvgIpc) is 3.22. The summed E-state index contributed by atoms with van der Waals surface area (Å²) in [5.74, 6) is 0.145. The lowest BCUT2D eigenvalue weighted by atomic mass is 9.72. The second-order valence-corrected chi connectivity index (χ2v) is 6.26. The van der Waals surface area contributed by atoms with E-state index in [1.807, 2.05) is 47.9 Å². The lowest BCUT2D eigenvalue weighted by Crippen LogP contribution is -2.43. The molecule has 2 aromatic carbocycles. The van der Waals surface area contributed by atoms with Crippen molar-refractivity contribution in [3.8, 4) is 0 Å². The second-order valence-electron chi connectivity index (χ2n) is 5.40. The van der Waals surface area contributed by atoms with E-state index in [0.717, 1.165) is 16.7 Å². The summed E-state index contributed by atoms with van der Waals surface area (Å²) in [6, 6.07) is 15.3. The third kappa shape index (κ3) is 1.98. The second kappa shape index (κ2) is 5.24. The van der Waals surface area contributed by atoms with Crippen LogP contribution in [-0.4, -0.2) is 22.0 Å². The van der Waals surface area contributed by atoms with E-state index < -0.39 is 11.3 Å². The molecule has 0 spiro atoms. The number of hydrogen-bond acceptors (Lipinski definition) is 5. The minimum absolute atomic E-state index is 0.395. The van der Waals surface area contributed by atoms with Crippen LogP contribution >= 0.6 is 11.8 Å². The van der Waals surface area contributed by atoms with Gasteiger partial charge in [-0.05, 0) is 22.6 Å². The zero-order valence-corrected chi connectivity index (χ0v) is 12.9. The number of amides is 1. The molecule has 1 aliphatic heterocycles. The van der Waals surface area contributed by atoms with Crippen LogP contribution in [-0.2, 0) is 10.2 Å². The highest BCUT2D eigenvalue weighted by Gasteiger charge is 2.47. The normalized spacial score (nSPS) is 20.6. The van der Waals surface area contributed by atoms with Crippen molar-refractivity contribution in [1.82, 2.24) is 10.4 Å². The van der Waals surface area contributed by atoms with Gasteiger partial charge in [0.25, 0.3) is 0 Å². The van der Waals surface area contributed by atoms with Gasteiger partial charge in [-0.15, -0.1) is 16.9 Å². The van der Waals surface area contributed by atoms with Gasteiger partial charge < -0.3 is 10.3 Å². The Morgan fingerprint density at radius 1 is 1.17 bits per heavy atom. The summed E-state index contributed by atoms with van der Waals surface area (Å²) in [4.78, 5) is 12.6. The molecule has 1 aliphatic rings. The Morgan fingerprint density at radius 3 is 2.78 bits per heavy atom. The van der Waals surface area contributed by atoms with E-state index in [9.17, 15) is 4.79 Å². The van der Waals surface area contributed by atoms with Crippen molar-refractivity contribution in [2.75, 3.05) is 5.75 Å². The van der Waals surface area contributed by atoms with Gasteiger partial charge in [-0.3, -0.25) is 4.79 Å². The molecule has 0 aliphatic carbocycles. The molecule has 4 rings (SSSR count). The predicted molar refractivity (Wildman–Crippen MR) is 89.6 cm³/mol. The van der Waals surface area contributed by atoms with Gasteiger partial charge in [0.05, 0.1) is 0 Å². The first-order valence-corrected chi connectivity index (χ1v) is 8.17. The summed E-state index contributed by atoms with van der Waals surface area (Å²) in [6.45, 7) is 0. The Balaban J connectivity index is 1.99. The van der Waals surface area contributed by atoms with Crippen LogP contribution in [0.25, 0.3) is 16.7 Å². The molecule has 3 aromatic rings. The monoisotopic (exact) mass is 323 g/mol. The number of aromatic nitrogens is 2. The molecule has 0 saturated heterocycles. The van der Waals surface area contributed by atoms with Gasteiger partial charge in [-0.1, -0.05) is 42.5 Å². The van der Waals surface area contributed by atoms with Gasteiger partial charge in [0.2, 0.25) is 5.91 Å². The number of primary amides is 1. The quantitative estimate of drug-likeness (QED) is 0.801. The molecule has 0 radical (unpaired) electrons. The number of fused-ring (bicyclic) bond motifs is 1. The smallest absolute Gasteiger partial charge is 0.233 e. The Kier molecular flexibility index (Phi) is 3.20. The van der Waals surface area contributed by atoms with Crippen LogP contribution in [0, 0.1) is 0 Å². The van der Waals surface area contributed by atoms with Gasteiger partial charge in [-0.2, -0.15) is 0 Å². The van der Waals surface area contributed by atoms with E-state index in [-0.39, 0.29) is 0 Å². The van der Waals surface area contributed by atoms with Crippen molar-refractivity contribution in [2.45, 2.75) is 5.41 Å². The van der Waals surface area contributed by atoms with E-state index >= 15 is 0 Å². The van der Waals surface area contributed by atoms with Crippen LogP contribution in [0.2, 0.25) is 0 Å². The highest BCUT2D eigenvalue weighted by Crippen LogP contribution is 2.48. The van der Waals surface area contributed by atoms with Crippen LogP contribution in [0.3, 0.4) is 0 Å². The number of hydrogen-bond donors (Lipinski definition) is 1. The SMILES string of the molecule is NC(=O)C1(c2cccc3onnc23)CSC=C1c1ccccc1. The van der Waals surface area contributed by atoms with Crippen molar-refractivity contribution < 1.29 is 9.32 Å². The van der Waals surface area contributed by atoms with Crippen LogP contribution in [0.5, 0.6) is 0 Å². The fraction of sp³-hybridized carbons (Fsp3) is 0.118. The van der Waals surface area contributed by atoms with E-state index in [1.54, 1.807) is 17.8 Å². The molecule has 0 saturated carbocycles. The number of carbonyl (C=O) groups is 1. The van der Waals surface area contributed by atoms with Crippen LogP contribution in [0.4, 0.5) is 0 Å². The first kappa shape index (κ1) is 14.0. The Morgan fingerprint density at radius 2 is 2.00 bits per heavy atom. The fourth-order valence-electron chi connectivity index (χ4n) is 3.07. The molecular formula is C17H13N3O2S. The highest BCUT2D eigenvalue weighted by atomic mass is 32.2. The van der Waals surface area contributed by atoms with Gasteiger partial charge in [0.1, 0.15) is 10.9 Å². The molecule has 0 fully saturated rings. The fourth-order valence-corrected chi connectivity index (χ4v) is 4.36. The molecule has 23 heavy (non-hydrogen) atoms. The van der Waals surface area contributed by atoms with E-state index in [4.69, 9.17) is 10.3 Å². The number of carbonyl (C=O) groups excluding carboxylic acids is 1. The molecule has 1 unspecified atom stereocenters. The summed E-state index contributed by atoms with van der Waals surface area (Å²) in [6.07, 6.45) is 0. The summed E-state index contributed by atoms with van der Waals surface area (Å²) in [7, 11) is 0. The average molecular weight is 323 g/mol. The minimum atomic E-state index is -0.940. The van der Waals surface area contributed by atoms with Gasteiger partial charge in [0, 0.05) is 16.6 Å². The first-order chi connectivity index (χ1) is 11.2. The standard InChI is InChI=1S/C17H13N3O2S/c18-16(21)17(12-7-4-8-14-15(12)19-20-22-14)10-23-9-13(17)11-5-2-1-3-6-11/h1-9H,10H2,(H2,18,21). The van der Waals surface area contributed by atoms with Crippen molar-refractivity contribution >= 4 is 34.3 Å². The van der Waals surface area contributed by atoms with Crippen molar-refractivity contribution in [2.24, 2.45) is 5.73 Å². The van der Waals surface area contributed by atoms with Gasteiger partial charge in [-0.25, -0.2) is 0 Å². The summed E-state index contributed by atoms with van der Waals surface area (Å²) < 4.78 is 5.14. The lowest BCUT2D eigenvalue weighted by molar-refractivity contribution is -0.120. The van der Waals surface area contributed by atoms with Gasteiger partial charge >= 0.3 is 0 Å². The van der Waals surface area contributed by atoms with E-state index in [1.165, 1.54) is 0 Å². The van der Waals surface area contributed by atoms with Crippen molar-refractivity contribution in [3.05, 3.63) is 65.1 Å². The summed E-state index contributed by atoms with van der Waals surface area (Å²) >= 11 is 1.58. The topological polar surface area (TPSA) is 82.0 Å². The van der Waals surface area contributed by atoms with Crippen molar-refractivity contribution in [1.29, 1.82) is 0 Å². The maximum absolute atomic E-state index is 12.6. The zero-order valence-electron chi connectivity index (χ0n) is 12.1. The van der Waals surface area contributed by atoms with Gasteiger partial charge in [0.15, 0.2) is 5.58 Å². The first-order valence-electron chi connectivity index (χ1n) is 7.12. The van der Waals surface area contributed by atoms with Crippen LogP contribution in [0.15, 0.2) is 58.5 Å². The number of thioether (sulfide) groups is 1. The highest BCUT2D eigenvalue weighted by molar-refractivity contribution is 8.02. The molecule has 1 atom stereocenters.